The number of hydrogen-bond acceptors (Lipinski definition) is 4. The fourth-order valence-electron chi connectivity index (χ4n) is 3.09. The molecule has 1 fully saturated rings. The van der Waals surface area contributed by atoms with Crippen molar-refractivity contribution in [2.45, 2.75) is 25.9 Å². The fourth-order valence-corrected chi connectivity index (χ4v) is 3.09. The Morgan fingerprint density at radius 2 is 2.12 bits per heavy atom. The summed E-state index contributed by atoms with van der Waals surface area (Å²) in [6.07, 6.45) is 4.38. The van der Waals surface area contributed by atoms with E-state index in [0.29, 0.717) is 30.8 Å². The SMILES string of the molecule is Cc1cc(F)ccc1C(=O)N1CC[C@@H](N(C)Cc2ncccn2)C1. The number of nitrogens with zero attached hydrogens (tertiary/aromatic N) is 4. The van der Waals surface area contributed by atoms with Gasteiger partial charge in [0.2, 0.25) is 0 Å². The number of aryl methyl sites for hydroxylation is 1. The van der Waals surface area contributed by atoms with Gasteiger partial charge < -0.3 is 4.90 Å². The van der Waals surface area contributed by atoms with Gasteiger partial charge in [0.15, 0.2) is 0 Å². The van der Waals surface area contributed by atoms with E-state index in [-0.39, 0.29) is 17.8 Å². The quantitative estimate of drug-likeness (QED) is 0.864. The number of carbonyl (C=O) groups is 1. The van der Waals surface area contributed by atoms with E-state index in [1.807, 2.05) is 11.9 Å². The molecule has 24 heavy (non-hydrogen) atoms. The summed E-state index contributed by atoms with van der Waals surface area (Å²) in [6.45, 7) is 3.80. The van der Waals surface area contributed by atoms with Gasteiger partial charge in [-0.05, 0) is 50.2 Å². The Morgan fingerprint density at radius 1 is 1.38 bits per heavy atom. The van der Waals surface area contributed by atoms with Crippen molar-refractivity contribution >= 4 is 5.91 Å². The van der Waals surface area contributed by atoms with Gasteiger partial charge in [0.05, 0.1) is 6.54 Å². The predicted octanol–water partition coefficient (Wildman–Crippen LogP) is 2.27. The van der Waals surface area contributed by atoms with Crippen LogP contribution in [0.1, 0.15) is 28.2 Å². The molecule has 0 radical (unpaired) electrons. The molecule has 1 amide bonds. The topological polar surface area (TPSA) is 49.3 Å². The van der Waals surface area contributed by atoms with Crippen LogP contribution < -0.4 is 0 Å². The lowest BCUT2D eigenvalue weighted by molar-refractivity contribution is 0.0778. The zero-order valence-electron chi connectivity index (χ0n) is 13.9. The van der Waals surface area contributed by atoms with E-state index in [9.17, 15) is 9.18 Å². The van der Waals surface area contributed by atoms with Gasteiger partial charge in [-0.15, -0.1) is 0 Å². The van der Waals surface area contributed by atoms with Crippen molar-refractivity contribution < 1.29 is 9.18 Å². The summed E-state index contributed by atoms with van der Waals surface area (Å²) in [7, 11) is 2.03. The highest BCUT2D eigenvalue weighted by molar-refractivity contribution is 5.95. The first kappa shape index (κ1) is 16.5. The number of benzene rings is 1. The number of amides is 1. The molecule has 0 bridgehead atoms. The van der Waals surface area contributed by atoms with Crippen LogP contribution in [0.4, 0.5) is 4.39 Å². The van der Waals surface area contributed by atoms with Crippen LogP contribution >= 0.6 is 0 Å². The van der Waals surface area contributed by atoms with E-state index in [1.165, 1.54) is 12.1 Å². The fraction of sp³-hybridized carbons (Fsp3) is 0.389. The molecule has 2 heterocycles. The summed E-state index contributed by atoms with van der Waals surface area (Å²) in [5, 5.41) is 0. The molecule has 1 aliphatic heterocycles. The maximum Gasteiger partial charge on any atom is 0.254 e. The first-order valence-electron chi connectivity index (χ1n) is 8.06. The monoisotopic (exact) mass is 328 g/mol. The van der Waals surface area contributed by atoms with Crippen molar-refractivity contribution in [3.8, 4) is 0 Å². The minimum absolute atomic E-state index is 0.0284. The molecule has 2 aromatic rings. The number of likely N-dealkylation sites (tertiary alicyclic amines) is 1. The van der Waals surface area contributed by atoms with Crippen LogP contribution in [0.2, 0.25) is 0 Å². The summed E-state index contributed by atoms with van der Waals surface area (Å²) in [6, 6.07) is 6.39. The average Bonchev–Trinajstić information content (AvgIpc) is 3.05. The second kappa shape index (κ2) is 7.05. The highest BCUT2D eigenvalue weighted by atomic mass is 19.1. The van der Waals surface area contributed by atoms with Crippen LogP contribution in [0, 0.1) is 12.7 Å². The highest BCUT2D eigenvalue weighted by Crippen LogP contribution is 2.20. The molecule has 1 saturated heterocycles. The first-order chi connectivity index (χ1) is 11.5. The molecule has 6 heteroatoms. The number of rotatable bonds is 4. The van der Waals surface area contributed by atoms with E-state index < -0.39 is 0 Å². The molecule has 0 saturated carbocycles. The van der Waals surface area contributed by atoms with Crippen molar-refractivity contribution in [1.29, 1.82) is 0 Å². The molecular weight excluding hydrogens is 307 g/mol. The van der Waals surface area contributed by atoms with Crippen LogP contribution in [-0.4, -0.2) is 51.9 Å². The third-order valence-electron chi connectivity index (χ3n) is 4.50. The largest absolute Gasteiger partial charge is 0.337 e. The van der Waals surface area contributed by atoms with E-state index >= 15 is 0 Å². The van der Waals surface area contributed by atoms with E-state index in [4.69, 9.17) is 0 Å². The Kier molecular flexibility index (Phi) is 4.85. The van der Waals surface area contributed by atoms with E-state index in [2.05, 4.69) is 14.9 Å². The second-order valence-corrected chi connectivity index (χ2v) is 6.23. The van der Waals surface area contributed by atoms with Crippen molar-refractivity contribution in [2.24, 2.45) is 0 Å². The molecule has 0 unspecified atom stereocenters. The Bertz CT molecular complexity index is 722. The van der Waals surface area contributed by atoms with Gasteiger partial charge in [0.1, 0.15) is 11.6 Å². The number of likely N-dealkylation sites (N-methyl/N-ethyl adjacent to an activating group) is 1. The summed E-state index contributed by atoms with van der Waals surface area (Å²) < 4.78 is 13.2. The van der Waals surface area contributed by atoms with Crippen LogP contribution in [0.25, 0.3) is 0 Å². The molecule has 0 spiro atoms. The van der Waals surface area contributed by atoms with Crippen LogP contribution in [0.3, 0.4) is 0 Å². The molecular formula is C18H21FN4O. The van der Waals surface area contributed by atoms with Crippen molar-refractivity contribution in [3.05, 3.63) is 59.4 Å². The summed E-state index contributed by atoms with van der Waals surface area (Å²) in [5.41, 5.74) is 1.25. The lowest BCUT2D eigenvalue weighted by Gasteiger charge is -2.24. The Morgan fingerprint density at radius 3 is 2.83 bits per heavy atom. The van der Waals surface area contributed by atoms with Gasteiger partial charge >= 0.3 is 0 Å². The molecule has 1 aliphatic rings. The Balaban J connectivity index is 1.63. The van der Waals surface area contributed by atoms with Gasteiger partial charge in [-0.1, -0.05) is 0 Å². The third-order valence-corrected chi connectivity index (χ3v) is 4.50. The smallest absolute Gasteiger partial charge is 0.254 e. The van der Waals surface area contributed by atoms with Crippen molar-refractivity contribution in [1.82, 2.24) is 19.8 Å². The Labute approximate surface area is 141 Å². The lowest BCUT2D eigenvalue weighted by Crippen LogP contribution is -2.36. The maximum absolute atomic E-state index is 13.2. The zero-order valence-corrected chi connectivity index (χ0v) is 13.9. The molecule has 1 atom stereocenters. The standard InChI is InChI=1S/C18H21FN4O/c1-13-10-14(19)4-5-16(13)18(24)23-9-6-15(11-23)22(2)12-17-20-7-3-8-21-17/h3-5,7-8,10,15H,6,9,11-12H2,1-2H3/t15-/m1/s1. The number of hydrogen-bond donors (Lipinski definition) is 0. The molecule has 3 rings (SSSR count). The second-order valence-electron chi connectivity index (χ2n) is 6.23. The zero-order chi connectivity index (χ0) is 17.1. The molecule has 1 aromatic heterocycles. The summed E-state index contributed by atoms with van der Waals surface area (Å²) >= 11 is 0. The van der Waals surface area contributed by atoms with Crippen LogP contribution in [0.5, 0.6) is 0 Å². The maximum atomic E-state index is 13.2. The normalized spacial score (nSPS) is 17.5. The molecule has 5 nitrogen and oxygen atoms in total. The van der Waals surface area contributed by atoms with Gasteiger partial charge in [-0.3, -0.25) is 9.69 Å². The number of carbonyl (C=O) groups excluding carboxylic acids is 1. The molecule has 126 valence electrons. The van der Waals surface area contributed by atoms with Gasteiger partial charge in [-0.25, -0.2) is 14.4 Å². The molecule has 0 N–H and O–H groups in total. The van der Waals surface area contributed by atoms with Gasteiger partial charge in [0, 0.05) is 37.1 Å². The minimum atomic E-state index is -0.314. The Hall–Kier alpha value is -2.34. The summed E-state index contributed by atoms with van der Waals surface area (Å²) in [4.78, 5) is 25.2. The van der Waals surface area contributed by atoms with E-state index in [1.54, 1.807) is 31.5 Å². The highest BCUT2D eigenvalue weighted by Gasteiger charge is 2.30. The third kappa shape index (κ3) is 3.59. The average molecular weight is 328 g/mol. The molecule has 0 aliphatic carbocycles. The van der Waals surface area contributed by atoms with Crippen LogP contribution in [-0.2, 0) is 6.54 Å². The number of halogens is 1. The summed E-state index contributed by atoms with van der Waals surface area (Å²) in [5.74, 6) is 0.435. The minimum Gasteiger partial charge on any atom is -0.337 e. The van der Waals surface area contributed by atoms with Gasteiger partial charge in [-0.2, -0.15) is 0 Å². The van der Waals surface area contributed by atoms with E-state index in [0.717, 1.165) is 12.2 Å². The molecule has 1 aromatic carbocycles. The van der Waals surface area contributed by atoms with Gasteiger partial charge in [0.25, 0.3) is 5.91 Å². The van der Waals surface area contributed by atoms with Crippen LogP contribution in [0.15, 0.2) is 36.7 Å². The predicted molar refractivity (Wildman–Crippen MR) is 88.9 cm³/mol. The van der Waals surface area contributed by atoms with Crippen molar-refractivity contribution in [2.75, 3.05) is 20.1 Å². The van der Waals surface area contributed by atoms with Crippen molar-refractivity contribution in [3.63, 3.8) is 0 Å². The number of aromatic nitrogens is 2. The lowest BCUT2D eigenvalue weighted by atomic mass is 10.1. The first-order valence-corrected chi connectivity index (χ1v) is 8.06.